The number of aryl methyl sites for hydroxylation is 2. The summed E-state index contributed by atoms with van der Waals surface area (Å²) in [4.78, 5) is 57.9. The van der Waals surface area contributed by atoms with Gasteiger partial charge in [0.1, 0.15) is 19.4 Å². The van der Waals surface area contributed by atoms with Gasteiger partial charge in [0.25, 0.3) is 5.91 Å². The van der Waals surface area contributed by atoms with E-state index in [-0.39, 0.29) is 25.1 Å². The van der Waals surface area contributed by atoms with Gasteiger partial charge < -0.3 is 9.90 Å². The van der Waals surface area contributed by atoms with Crippen molar-refractivity contribution < 1.29 is 47.0 Å². The molecule has 1 saturated heterocycles. The van der Waals surface area contributed by atoms with E-state index in [4.69, 9.17) is 9.63 Å². The van der Waals surface area contributed by atoms with E-state index in [9.17, 15) is 32.7 Å². The van der Waals surface area contributed by atoms with Crippen molar-refractivity contribution in [1.29, 1.82) is 0 Å². The number of rotatable bonds is 8. The van der Waals surface area contributed by atoms with Crippen LogP contribution in [0.15, 0.2) is 108 Å². The number of Topliss-reactive ketones (excluding diaryl/α,β-unsaturated/α-hetero) is 2. The van der Waals surface area contributed by atoms with E-state index in [0.29, 0.717) is 28.5 Å². The number of sulfonamides is 1. The number of amides is 1. The molecule has 4 aromatic carbocycles. The minimum atomic E-state index is -3.57. The predicted molar refractivity (Wildman–Crippen MR) is 356 cm³/mol. The first-order chi connectivity index (χ1) is 37.2. The number of aliphatic hydroxyl groups is 1. The first kappa shape index (κ1) is 99.9. The van der Waals surface area contributed by atoms with Crippen LogP contribution in [0.4, 0.5) is 0 Å². The SMILES string of the molecule is C.CC.CC.CC.CC.CC.CC.CC.CC.CC(=O)c1ccccc1/C=C/C(=O)NS(C)(=O)=O.CC(=O)c1ccccc1C=O.CC=O.CCBr.CO[N+]1(C)CCCCC1.Cc1ccccc1Br.Cc1ccccc1C(C)O. The van der Waals surface area contributed by atoms with E-state index in [1.165, 1.54) is 69.2 Å². The standard InChI is InChI=1S/C12H13NO4S.C9H8O2.C9H12O.C7H7Br.C7H16NO.C2H5Br.C2H4O.8C2H6.CH4/c1-9(14)11-6-4-3-5-10(11)7-8-12(15)13-18(2,16)17;1-7(11)9-5-3-2-4-8(9)6-10;1-7-5-3-4-6-9(7)8(2)10;1-6-4-2-3-5-7(6)8;1-8(9-2)6-4-3-5-7-8;2*1-2-3;8*1-2;/h3-8H,1-2H3,(H,13,15);2-6H,1H3;3-6,8,10H,1-2H3;2-5H,1H3;3-7H2,1-2H3;2H2,1H3;2H,1H3;8*1-2H3;1H4/q;;;;+1;;;;;;;;;;;/b8-7+;;;;;;;;;;;;;;;. The summed E-state index contributed by atoms with van der Waals surface area (Å²) < 4.78 is 25.4. The molecule has 11 nitrogen and oxygen atoms in total. The zero-order chi connectivity index (χ0) is 63.7. The second kappa shape index (κ2) is 75.6. The number of benzene rings is 4. The van der Waals surface area contributed by atoms with E-state index >= 15 is 0 Å². The van der Waals surface area contributed by atoms with Crippen LogP contribution in [-0.4, -0.2) is 87.0 Å². The Morgan fingerprint density at radius 1 is 0.658 bits per heavy atom. The summed E-state index contributed by atoms with van der Waals surface area (Å²) in [5, 5.41) is 10.3. The molecule has 1 unspecified atom stereocenters. The number of aldehydes is 2. The first-order valence-corrected chi connectivity index (χ1v) is 31.6. The molecule has 0 aliphatic carbocycles. The molecule has 0 radical (unpaired) electrons. The number of ketones is 2. The minimum absolute atomic E-state index is 0. The molecule has 79 heavy (non-hydrogen) atoms. The fourth-order valence-electron chi connectivity index (χ4n) is 5.24. The second-order valence-corrected chi connectivity index (χ2v) is 17.5. The van der Waals surface area contributed by atoms with Crippen LogP contribution < -0.4 is 4.72 Å². The van der Waals surface area contributed by atoms with Crippen molar-refractivity contribution in [3.8, 4) is 0 Å². The highest BCUT2D eigenvalue weighted by molar-refractivity contribution is 9.10. The fourth-order valence-corrected chi connectivity index (χ4v) is 5.95. The highest BCUT2D eigenvalue weighted by Crippen LogP contribution is 2.17. The first-order valence-electron chi connectivity index (χ1n) is 27.8. The van der Waals surface area contributed by atoms with Crippen molar-refractivity contribution in [1.82, 2.24) is 4.72 Å². The van der Waals surface area contributed by atoms with Gasteiger partial charge in [-0.15, -0.1) is 0 Å². The third-order valence-corrected chi connectivity index (χ3v) is 9.89. The zero-order valence-corrected chi connectivity index (χ0v) is 57.7. The molecule has 4 aromatic rings. The van der Waals surface area contributed by atoms with Crippen LogP contribution in [-0.2, 0) is 24.4 Å². The zero-order valence-electron chi connectivity index (χ0n) is 53.7. The summed E-state index contributed by atoms with van der Waals surface area (Å²) in [6.07, 6.45) is 8.49. The van der Waals surface area contributed by atoms with Gasteiger partial charge in [-0.2, -0.15) is 4.65 Å². The highest BCUT2D eigenvalue weighted by Gasteiger charge is 2.24. The number of quaternary nitrogens is 1. The molecule has 0 spiro atoms. The van der Waals surface area contributed by atoms with E-state index in [1.807, 2.05) is 167 Å². The lowest BCUT2D eigenvalue weighted by Crippen LogP contribution is -2.46. The van der Waals surface area contributed by atoms with Crippen LogP contribution >= 0.6 is 31.9 Å². The Labute approximate surface area is 504 Å². The molecule has 0 bridgehead atoms. The predicted octanol–water partition coefficient (Wildman–Crippen LogP) is 19.1. The van der Waals surface area contributed by atoms with Crippen LogP contribution in [0.3, 0.4) is 0 Å². The van der Waals surface area contributed by atoms with E-state index in [1.54, 1.807) is 67.3 Å². The number of nitrogens with one attached hydrogen (secondary N) is 1. The Bertz CT molecular complexity index is 2070. The number of carbonyl (C=O) groups excluding carboxylic acids is 5. The van der Waals surface area contributed by atoms with Gasteiger partial charge in [0.15, 0.2) is 17.9 Å². The van der Waals surface area contributed by atoms with Gasteiger partial charge >= 0.3 is 0 Å². The minimum Gasteiger partial charge on any atom is -0.389 e. The number of hydrogen-bond donors (Lipinski definition) is 2. The topological polar surface area (TPSA) is 161 Å². The maximum Gasteiger partial charge on any atom is 0.257 e. The number of carbonyl (C=O) groups is 5. The van der Waals surface area contributed by atoms with Crippen molar-refractivity contribution in [2.45, 2.75) is 192 Å². The molecule has 14 heteroatoms. The smallest absolute Gasteiger partial charge is 0.257 e. The van der Waals surface area contributed by atoms with Gasteiger partial charge in [-0.25, -0.2) is 18.0 Å². The molecule has 1 fully saturated rings. The molecule has 1 aliphatic heterocycles. The Morgan fingerprint density at radius 2 is 0.987 bits per heavy atom. The summed E-state index contributed by atoms with van der Waals surface area (Å²) in [6, 6.07) is 29.5. The Morgan fingerprint density at radius 3 is 1.25 bits per heavy atom. The maximum absolute atomic E-state index is 11.3. The average Bonchev–Trinajstić information content (AvgIpc) is 3.46. The van der Waals surface area contributed by atoms with Gasteiger partial charge in [-0.05, 0) is 95.2 Å². The van der Waals surface area contributed by atoms with Crippen LogP contribution in [0.2, 0.25) is 0 Å². The summed E-state index contributed by atoms with van der Waals surface area (Å²) in [5.74, 6) is -0.956. The number of hydrogen-bond acceptors (Lipinski definition) is 9. The van der Waals surface area contributed by atoms with Crippen molar-refractivity contribution in [3.63, 3.8) is 0 Å². The van der Waals surface area contributed by atoms with Crippen molar-refractivity contribution in [3.05, 3.63) is 147 Å². The number of likely N-dealkylation sites (tertiary alicyclic amines) is 1. The second-order valence-electron chi connectivity index (χ2n) is 13.7. The van der Waals surface area contributed by atoms with E-state index < -0.39 is 15.9 Å². The lowest BCUT2D eigenvalue weighted by Gasteiger charge is -2.32. The molecule has 1 aliphatic rings. The van der Waals surface area contributed by atoms with Crippen molar-refractivity contribution >= 4 is 78.0 Å². The van der Waals surface area contributed by atoms with Gasteiger partial charge in [0.2, 0.25) is 10.0 Å². The van der Waals surface area contributed by atoms with Gasteiger partial charge in [-0.3, -0.25) is 19.2 Å². The van der Waals surface area contributed by atoms with E-state index in [0.717, 1.165) is 39.7 Å². The molecule has 2 N–H and O–H groups in total. The molecule has 0 aromatic heterocycles. The monoisotopic (exact) mass is 1260 g/mol. The Hall–Kier alpha value is -4.44. The number of aliphatic hydroxyl groups excluding tert-OH is 1. The number of hydroxylamine groups is 3. The number of nitrogens with zero attached hydrogens (tertiary/aromatic N) is 1. The molecule has 460 valence electrons. The lowest BCUT2D eigenvalue weighted by molar-refractivity contribution is -1.09. The summed E-state index contributed by atoms with van der Waals surface area (Å²) in [7, 11) is 0.377. The molecule has 0 saturated carbocycles. The quantitative estimate of drug-likeness (QED) is 0.0575. The Kier molecular flexibility index (Phi) is 95.6. The molecule has 1 heterocycles. The molecule has 1 amide bonds. The van der Waals surface area contributed by atoms with Gasteiger partial charge in [0.05, 0.1) is 26.5 Å². The van der Waals surface area contributed by atoms with Crippen LogP contribution in [0.1, 0.15) is 232 Å². The maximum atomic E-state index is 11.3. The number of halogens is 2. The van der Waals surface area contributed by atoms with Crippen molar-refractivity contribution in [2.24, 2.45) is 0 Å². The van der Waals surface area contributed by atoms with Gasteiger partial charge in [0, 0.05) is 32.6 Å². The summed E-state index contributed by atoms with van der Waals surface area (Å²) >= 11 is 6.54. The normalized spacial score (nSPS) is 10.4. The summed E-state index contributed by atoms with van der Waals surface area (Å²) in [5.41, 5.74) is 5.43. The fraction of sp³-hybridized carbons (Fsp3) is 0.523. The Balaban J connectivity index is -0.0000000755. The average molecular weight is 1260 g/mol. The van der Waals surface area contributed by atoms with Crippen LogP contribution in [0.25, 0.3) is 6.08 Å². The third kappa shape index (κ3) is 64.3. The van der Waals surface area contributed by atoms with Gasteiger partial charge in [-0.1, -0.05) is 248 Å². The molecule has 1 atom stereocenters. The molecular weight excluding hydrogens is 1140 g/mol. The number of piperidine rings is 1. The number of alkyl halides is 1. The van der Waals surface area contributed by atoms with Crippen LogP contribution in [0, 0.1) is 13.8 Å². The summed E-state index contributed by atoms with van der Waals surface area (Å²) in [6.45, 7) is 46.6. The lowest BCUT2D eigenvalue weighted by atomic mass is 10.0. The van der Waals surface area contributed by atoms with Crippen molar-refractivity contribution in [2.75, 3.05) is 38.8 Å². The molecule has 5 rings (SSSR count). The largest absolute Gasteiger partial charge is 0.389 e. The third-order valence-electron chi connectivity index (χ3n) is 8.43. The highest BCUT2D eigenvalue weighted by atomic mass is 79.9. The van der Waals surface area contributed by atoms with Crippen LogP contribution in [0.5, 0.6) is 0 Å². The van der Waals surface area contributed by atoms with E-state index in [2.05, 4.69) is 51.9 Å². The molecular formula is C65H117Br2N2O9S+.